The predicted octanol–water partition coefficient (Wildman–Crippen LogP) is 2.61. The molecule has 1 heterocycles. The molecule has 0 aromatic heterocycles. The Balaban J connectivity index is 2.27. The predicted molar refractivity (Wildman–Crippen MR) is 67.2 cm³/mol. The van der Waals surface area contributed by atoms with E-state index in [-0.39, 0.29) is 0 Å². The van der Waals surface area contributed by atoms with Gasteiger partial charge in [0.25, 0.3) is 0 Å². The Hall–Kier alpha value is -1.82. The lowest BCUT2D eigenvalue weighted by Gasteiger charge is -2.20. The largest absolute Gasteiger partial charge is 0.370 e. The molecular formula is C14H16N2O. The van der Waals surface area contributed by atoms with Gasteiger partial charge < -0.3 is 4.90 Å². The highest BCUT2D eigenvalue weighted by Gasteiger charge is 2.22. The molecule has 2 rings (SSSR count). The van der Waals surface area contributed by atoms with Crippen molar-refractivity contribution >= 4 is 12.0 Å². The van der Waals surface area contributed by atoms with Gasteiger partial charge in [-0.25, -0.2) is 0 Å². The monoisotopic (exact) mass is 228 g/mol. The quantitative estimate of drug-likeness (QED) is 0.747. The van der Waals surface area contributed by atoms with Crippen LogP contribution in [0.1, 0.15) is 35.7 Å². The standard InChI is InChI=1S/C14H16N2O/c1-2-11-5-6-16(9-11)14-4-3-12(10-17)7-13(14)8-15/h3-4,7,10-11H,2,5-6,9H2,1H3. The first-order valence-corrected chi connectivity index (χ1v) is 6.02. The molecule has 0 amide bonds. The maximum absolute atomic E-state index is 10.7. The van der Waals surface area contributed by atoms with Gasteiger partial charge in [0.05, 0.1) is 11.3 Å². The van der Waals surface area contributed by atoms with Gasteiger partial charge in [-0.3, -0.25) is 4.79 Å². The number of benzene rings is 1. The minimum Gasteiger partial charge on any atom is -0.370 e. The summed E-state index contributed by atoms with van der Waals surface area (Å²) in [6.45, 7) is 4.23. The van der Waals surface area contributed by atoms with E-state index in [0.717, 1.165) is 31.0 Å². The Labute approximate surface area is 102 Å². The molecule has 1 unspecified atom stereocenters. The molecule has 1 aliphatic rings. The summed E-state index contributed by atoms with van der Waals surface area (Å²) >= 11 is 0. The lowest BCUT2D eigenvalue weighted by atomic mass is 10.1. The Kier molecular flexibility index (Phi) is 3.43. The lowest BCUT2D eigenvalue weighted by molar-refractivity contribution is 0.112. The van der Waals surface area contributed by atoms with Gasteiger partial charge in [-0.2, -0.15) is 5.26 Å². The van der Waals surface area contributed by atoms with Crippen molar-refractivity contribution in [2.24, 2.45) is 5.92 Å². The van der Waals surface area contributed by atoms with E-state index < -0.39 is 0 Å². The van der Waals surface area contributed by atoms with Crippen LogP contribution in [0.3, 0.4) is 0 Å². The summed E-state index contributed by atoms with van der Waals surface area (Å²) in [7, 11) is 0. The van der Waals surface area contributed by atoms with Gasteiger partial charge in [-0.1, -0.05) is 13.3 Å². The summed E-state index contributed by atoms with van der Waals surface area (Å²) in [6.07, 6.45) is 3.16. The molecule has 1 aliphatic heterocycles. The average Bonchev–Trinajstić information content (AvgIpc) is 2.86. The molecule has 1 atom stereocenters. The minimum atomic E-state index is 0.566. The van der Waals surface area contributed by atoms with Gasteiger partial charge in [0.2, 0.25) is 0 Å². The molecule has 1 aromatic rings. The summed E-state index contributed by atoms with van der Waals surface area (Å²) in [6, 6.07) is 7.52. The molecule has 3 heteroatoms. The molecule has 3 nitrogen and oxygen atoms in total. The molecule has 0 bridgehead atoms. The second-order valence-electron chi connectivity index (χ2n) is 4.52. The highest BCUT2D eigenvalue weighted by atomic mass is 16.1. The van der Waals surface area contributed by atoms with Gasteiger partial charge >= 0.3 is 0 Å². The molecule has 1 saturated heterocycles. The molecule has 1 fully saturated rings. The molecule has 1 aromatic carbocycles. The summed E-state index contributed by atoms with van der Waals surface area (Å²) in [5.41, 5.74) is 2.14. The van der Waals surface area contributed by atoms with E-state index in [1.54, 1.807) is 12.1 Å². The van der Waals surface area contributed by atoms with E-state index in [2.05, 4.69) is 17.9 Å². The van der Waals surface area contributed by atoms with Crippen molar-refractivity contribution in [3.63, 3.8) is 0 Å². The molecular weight excluding hydrogens is 212 g/mol. The highest BCUT2D eigenvalue weighted by Crippen LogP contribution is 2.28. The maximum Gasteiger partial charge on any atom is 0.150 e. The van der Waals surface area contributed by atoms with Crippen molar-refractivity contribution in [1.82, 2.24) is 0 Å². The van der Waals surface area contributed by atoms with Crippen LogP contribution in [0.4, 0.5) is 5.69 Å². The fourth-order valence-corrected chi connectivity index (χ4v) is 2.38. The molecule has 0 N–H and O–H groups in total. The van der Waals surface area contributed by atoms with Crippen LogP contribution in [0.15, 0.2) is 18.2 Å². The zero-order valence-corrected chi connectivity index (χ0v) is 10.0. The number of hydrogen-bond acceptors (Lipinski definition) is 3. The number of aldehydes is 1. The van der Waals surface area contributed by atoms with Gasteiger partial charge in [0.1, 0.15) is 12.4 Å². The first-order valence-electron chi connectivity index (χ1n) is 6.02. The average molecular weight is 228 g/mol. The number of hydrogen-bond donors (Lipinski definition) is 0. The third-order valence-electron chi connectivity index (χ3n) is 3.48. The summed E-state index contributed by atoms with van der Waals surface area (Å²) < 4.78 is 0. The van der Waals surface area contributed by atoms with Crippen LogP contribution < -0.4 is 4.90 Å². The zero-order chi connectivity index (χ0) is 12.3. The number of carbonyl (C=O) groups excluding carboxylic acids is 1. The SMILES string of the molecule is CCC1CCN(c2ccc(C=O)cc2C#N)C1. The summed E-state index contributed by atoms with van der Waals surface area (Å²) in [5.74, 6) is 0.729. The van der Waals surface area contributed by atoms with Crippen molar-refractivity contribution in [2.75, 3.05) is 18.0 Å². The molecule has 0 aliphatic carbocycles. The Morgan fingerprint density at radius 3 is 3.00 bits per heavy atom. The number of nitrogens with zero attached hydrogens (tertiary/aromatic N) is 2. The van der Waals surface area contributed by atoms with E-state index in [4.69, 9.17) is 5.26 Å². The minimum absolute atomic E-state index is 0.566. The Bertz CT molecular complexity index is 462. The number of nitriles is 1. The highest BCUT2D eigenvalue weighted by molar-refractivity contribution is 5.78. The first kappa shape index (κ1) is 11.7. The summed E-state index contributed by atoms with van der Waals surface area (Å²) in [4.78, 5) is 12.9. The van der Waals surface area contributed by atoms with Crippen LogP contribution in [0.2, 0.25) is 0 Å². The van der Waals surface area contributed by atoms with Crippen LogP contribution in [-0.2, 0) is 0 Å². The molecule has 0 radical (unpaired) electrons. The van der Waals surface area contributed by atoms with Gasteiger partial charge in [-0.15, -0.1) is 0 Å². The first-order chi connectivity index (χ1) is 8.28. The molecule has 88 valence electrons. The fourth-order valence-electron chi connectivity index (χ4n) is 2.38. The van der Waals surface area contributed by atoms with E-state index >= 15 is 0 Å². The van der Waals surface area contributed by atoms with Crippen molar-refractivity contribution in [2.45, 2.75) is 19.8 Å². The van der Waals surface area contributed by atoms with E-state index in [1.165, 1.54) is 12.8 Å². The summed E-state index contributed by atoms with van der Waals surface area (Å²) in [5, 5.41) is 9.13. The van der Waals surface area contributed by atoms with Crippen LogP contribution in [0, 0.1) is 17.2 Å². The lowest BCUT2D eigenvalue weighted by Crippen LogP contribution is -2.20. The zero-order valence-electron chi connectivity index (χ0n) is 10.0. The fraction of sp³-hybridized carbons (Fsp3) is 0.429. The Morgan fingerprint density at radius 2 is 2.41 bits per heavy atom. The number of anilines is 1. The second kappa shape index (κ2) is 5.01. The van der Waals surface area contributed by atoms with Crippen molar-refractivity contribution in [3.8, 4) is 6.07 Å². The topological polar surface area (TPSA) is 44.1 Å². The van der Waals surface area contributed by atoms with Crippen LogP contribution >= 0.6 is 0 Å². The van der Waals surface area contributed by atoms with Crippen LogP contribution in [0.25, 0.3) is 0 Å². The third kappa shape index (κ3) is 2.31. The van der Waals surface area contributed by atoms with Crippen molar-refractivity contribution in [3.05, 3.63) is 29.3 Å². The van der Waals surface area contributed by atoms with Gasteiger partial charge in [0, 0.05) is 18.7 Å². The smallest absolute Gasteiger partial charge is 0.150 e. The normalized spacial score (nSPS) is 19.1. The number of carbonyl (C=O) groups is 1. The van der Waals surface area contributed by atoms with Gasteiger partial charge in [-0.05, 0) is 30.5 Å². The van der Waals surface area contributed by atoms with Crippen LogP contribution in [-0.4, -0.2) is 19.4 Å². The van der Waals surface area contributed by atoms with Crippen molar-refractivity contribution < 1.29 is 4.79 Å². The Morgan fingerprint density at radius 1 is 1.59 bits per heavy atom. The van der Waals surface area contributed by atoms with Crippen LogP contribution in [0.5, 0.6) is 0 Å². The maximum atomic E-state index is 10.7. The van der Waals surface area contributed by atoms with Crippen molar-refractivity contribution in [1.29, 1.82) is 5.26 Å². The van der Waals surface area contributed by atoms with E-state index in [0.29, 0.717) is 11.1 Å². The molecule has 17 heavy (non-hydrogen) atoms. The number of rotatable bonds is 3. The molecule has 0 spiro atoms. The third-order valence-corrected chi connectivity index (χ3v) is 3.48. The molecule has 0 saturated carbocycles. The van der Waals surface area contributed by atoms with Gasteiger partial charge in [0.15, 0.2) is 0 Å². The second-order valence-corrected chi connectivity index (χ2v) is 4.52. The van der Waals surface area contributed by atoms with E-state index in [9.17, 15) is 4.79 Å². The van der Waals surface area contributed by atoms with E-state index in [1.807, 2.05) is 6.07 Å².